The summed E-state index contributed by atoms with van der Waals surface area (Å²) in [6, 6.07) is 20.2. The van der Waals surface area contributed by atoms with Gasteiger partial charge >= 0.3 is 0 Å². The largest absolute Gasteiger partial charge is 0.274 e. The Balaban J connectivity index is 1.65. The smallest absolute Gasteiger partial charge is 0.196 e. The lowest BCUT2D eigenvalue weighted by molar-refractivity contribution is 0.829. The second kappa shape index (κ2) is 6.50. The molecular weight excluding hydrogens is 316 g/mol. The van der Waals surface area contributed by atoms with Gasteiger partial charge in [0.2, 0.25) is 0 Å². The van der Waals surface area contributed by atoms with Gasteiger partial charge in [-0.25, -0.2) is 0 Å². The molecule has 4 nitrogen and oxygen atoms in total. The zero-order chi connectivity index (χ0) is 16.4. The van der Waals surface area contributed by atoms with E-state index < -0.39 is 0 Å². The Morgan fingerprint density at radius 1 is 1.04 bits per heavy atom. The quantitative estimate of drug-likeness (QED) is 0.653. The van der Waals surface area contributed by atoms with Gasteiger partial charge in [0.05, 0.1) is 11.6 Å². The summed E-state index contributed by atoms with van der Waals surface area (Å²) in [7, 11) is 0. The minimum atomic E-state index is 0.526. The molecule has 0 amide bonds. The van der Waals surface area contributed by atoms with Crippen molar-refractivity contribution in [2.24, 2.45) is 0 Å². The first-order valence-corrected chi connectivity index (χ1v) is 8.97. The van der Waals surface area contributed by atoms with E-state index in [1.54, 1.807) is 11.8 Å². The first kappa shape index (κ1) is 15.0. The van der Waals surface area contributed by atoms with Gasteiger partial charge < -0.3 is 0 Å². The number of benzene rings is 2. The summed E-state index contributed by atoms with van der Waals surface area (Å²) < 4.78 is 2.16. The highest BCUT2D eigenvalue weighted by molar-refractivity contribution is 7.98. The molecule has 0 bridgehead atoms. The van der Waals surface area contributed by atoms with Crippen LogP contribution in [-0.4, -0.2) is 14.8 Å². The van der Waals surface area contributed by atoms with Crippen molar-refractivity contribution >= 4 is 11.8 Å². The highest BCUT2D eigenvalue weighted by Crippen LogP contribution is 2.41. The van der Waals surface area contributed by atoms with Crippen LogP contribution in [0, 0.1) is 11.3 Å². The van der Waals surface area contributed by atoms with Crippen molar-refractivity contribution in [2.75, 3.05) is 0 Å². The molecule has 1 aliphatic rings. The molecule has 1 saturated carbocycles. The number of hydrogen-bond acceptors (Lipinski definition) is 4. The first-order valence-electron chi connectivity index (χ1n) is 7.98. The van der Waals surface area contributed by atoms with Crippen LogP contribution in [0.2, 0.25) is 0 Å². The van der Waals surface area contributed by atoms with E-state index in [0.29, 0.717) is 11.7 Å². The lowest BCUT2D eigenvalue weighted by atomic mass is 10.1. The summed E-state index contributed by atoms with van der Waals surface area (Å²) in [6.07, 6.45) is 2.37. The number of nitrogens with zero attached hydrogens (tertiary/aromatic N) is 4. The molecule has 0 unspecified atom stereocenters. The summed E-state index contributed by atoms with van der Waals surface area (Å²) in [5.74, 6) is 2.29. The van der Waals surface area contributed by atoms with Gasteiger partial charge in [-0.05, 0) is 36.6 Å². The highest BCUT2D eigenvalue weighted by atomic mass is 32.2. The van der Waals surface area contributed by atoms with Crippen LogP contribution in [0.1, 0.15) is 35.7 Å². The highest BCUT2D eigenvalue weighted by Gasteiger charge is 2.31. The van der Waals surface area contributed by atoms with Crippen LogP contribution in [0.3, 0.4) is 0 Å². The van der Waals surface area contributed by atoms with E-state index >= 15 is 0 Å². The molecule has 1 aliphatic carbocycles. The predicted octanol–water partition coefficient (Wildman–Crippen LogP) is 4.31. The second-order valence-corrected chi connectivity index (χ2v) is 6.79. The van der Waals surface area contributed by atoms with Crippen molar-refractivity contribution in [1.82, 2.24) is 14.8 Å². The van der Waals surface area contributed by atoms with Crippen molar-refractivity contribution in [3.8, 4) is 11.8 Å². The fourth-order valence-corrected chi connectivity index (χ4v) is 3.66. The molecule has 0 aliphatic heterocycles. The molecule has 0 atom stereocenters. The molecule has 5 heteroatoms. The minimum absolute atomic E-state index is 0.526. The Morgan fingerprint density at radius 2 is 1.79 bits per heavy atom. The van der Waals surface area contributed by atoms with E-state index in [4.69, 9.17) is 0 Å². The standard InChI is InChI=1S/C19H16N4S/c20-12-15-6-4-5-7-16(15)13-24-19-22-21-18(14-10-11-14)23(19)17-8-2-1-3-9-17/h1-9,14H,10-11,13H2. The van der Waals surface area contributed by atoms with Crippen molar-refractivity contribution in [3.05, 3.63) is 71.5 Å². The number of aromatic nitrogens is 3. The van der Waals surface area contributed by atoms with Crippen LogP contribution in [0.5, 0.6) is 0 Å². The van der Waals surface area contributed by atoms with Crippen LogP contribution in [-0.2, 0) is 5.75 Å². The molecule has 0 radical (unpaired) electrons. The number of rotatable bonds is 5. The summed E-state index contributed by atoms with van der Waals surface area (Å²) in [5.41, 5.74) is 2.85. The van der Waals surface area contributed by atoms with E-state index in [1.807, 2.05) is 42.5 Å². The summed E-state index contributed by atoms with van der Waals surface area (Å²) >= 11 is 1.63. The molecular formula is C19H16N4S. The number of para-hydroxylation sites is 1. The van der Waals surface area contributed by atoms with Crippen LogP contribution >= 0.6 is 11.8 Å². The van der Waals surface area contributed by atoms with Crippen LogP contribution in [0.4, 0.5) is 0 Å². The van der Waals surface area contributed by atoms with Crippen LogP contribution < -0.4 is 0 Å². The first-order chi connectivity index (χ1) is 11.9. The SMILES string of the molecule is N#Cc1ccccc1CSc1nnc(C2CC2)n1-c1ccccc1. The zero-order valence-corrected chi connectivity index (χ0v) is 13.9. The summed E-state index contributed by atoms with van der Waals surface area (Å²) in [6.45, 7) is 0. The van der Waals surface area contributed by atoms with Crippen molar-refractivity contribution < 1.29 is 0 Å². The fraction of sp³-hybridized carbons (Fsp3) is 0.211. The maximum atomic E-state index is 9.24. The molecule has 0 saturated heterocycles. The number of hydrogen-bond donors (Lipinski definition) is 0. The third-order valence-electron chi connectivity index (χ3n) is 4.11. The van der Waals surface area contributed by atoms with Gasteiger partial charge in [-0.3, -0.25) is 4.57 Å². The van der Waals surface area contributed by atoms with E-state index in [0.717, 1.165) is 27.8 Å². The van der Waals surface area contributed by atoms with E-state index in [-0.39, 0.29) is 0 Å². The monoisotopic (exact) mass is 332 g/mol. The third kappa shape index (κ3) is 2.93. The summed E-state index contributed by atoms with van der Waals surface area (Å²) in [5, 5.41) is 19.0. The molecule has 1 aromatic heterocycles. The molecule has 1 heterocycles. The molecule has 0 N–H and O–H groups in total. The lowest BCUT2D eigenvalue weighted by Crippen LogP contribution is -2.01. The zero-order valence-electron chi connectivity index (χ0n) is 13.1. The van der Waals surface area contributed by atoms with Crippen molar-refractivity contribution in [3.63, 3.8) is 0 Å². The normalized spacial score (nSPS) is 13.6. The molecule has 2 aromatic carbocycles. The molecule has 4 rings (SSSR count). The molecule has 3 aromatic rings. The van der Waals surface area contributed by atoms with Gasteiger partial charge in [0.15, 0.2) is 5.16 Å². The van der Waals surface area contributed by atoms with Gasteiger partial charge in [-0.15, -0.1) is 10.2 Å². The van der Waals surface area contributed by atoms with Crippen molar-refractivity contribution in [1.29, 1.82) is 5.26 Å². The average molecular weight is 332 g/mol. The number of nitriles is 1. The predicted molar refractivity (Wildman–Crippen MR) is 94.1 cm³/mol. The van der Waals surface area contributed by atoms with Crippen molar-refractivity contribution in [2.45, 2.75) is 29.7 Å². The maximum absolute atomic E-state index is 9.24. The van der Waals surface area contributed by atoms with Gasteiger partial charge in [-0.1, -0.05) is 48.2 Å². The topological polar surface area (TPSA) is 54.5 Å². The Labute approximate surface area is 145 Å². The molecule has 24 heavy (non-hydrogen) atoms. The van der Waals surface area contributed by atoms with E-state index in [2.05, 4.69) is 33.0 Å². The lowest BCUT2D eigenvalue weighted by Gasteiger charge is -2.10. The molecule has 118 valence electrons. The van der Waals surface area contributed by atoms with Gasteiger partial charge in [0, 0.05) is 17.4 Å². The Bertz CT molecular complexity index is 891. The van der Waals surface area contributed by atoms with E-state index in [9.17, 15) is 5.26 Å². The van der Waals surface area contributed by atoms with Gasteiger partial charge in [0.25, 0.3) is 0 Å². The number of thioether (sulfide) groups is 1. The fourth-order valence-electron chi connectivity index (χ4n) is 2.70. The Kier molecular flexibility index (Phi) is 4.06. The average Bonchev–Trinajstić information content (AvgIpc) is 3.40. The van der Waals surface area contributed by atoms with Crippen LogP contribution in [0.25, 0.3) is 5.69 Å². The van der Waals surface area contributed by atoms with Gasteiger partial charge in [-0.2, -0.15) is 5.26 Å². The third-order valence-corrected chi connectivity index (χ3v) is 5.09. The van der Waals surface area contributed by atoms with Gasteiger partial charge in [0.1, 0.15) is 5.82 Å². The maximum Gasteiger partial charge on any atom is 0.196 e. The Morgan fingerprint density at radius 3 is 2.54 bits per heavy atom. The Hall–Kier alpha value is -2.58. The summed E-state index contributed by atoms with van der Waals surface area (Å²) in [4.78, 5) is 0. The molecule has 1 fully saturated rings. The van der Waals surface area contributed by atoms with E-state index in [1.165, 1.54) is 12.8 Å². The van der Waals surface area contributed by atoms with Crippen LogP contribution in [0.15, 0.2) is 59.8 Å². The second-order valence-electron chi connectivity index (χ2n) is 5.84. The molecule has 0 spiro atoms. The minimum Gasteiger partial charge on any atom is -0.274 e.